The Morgan fingerprint density at radius 2 is 2.21 bits per heavy atom. The predicted molar refractivity (Wildman–Crippen MR) is 67.5 cm³/mol. The number of carbonyl (C=O) groups is 1. The van der Waals surface area contributed by atoms with Gasteiger partial charge >= 0.3 is 0 Å². The highest BCUT2D eigenvalue weighted by molar-refractivity contribution is 5.77. The molecule has 1 heterocycles. The van der Waals surface area contributed by atoms with E-state index in [-0.39, 0.29) is 25.3 Å². The number of nitrogens with one attached hydrogen (secondary N) is 1. The van der Waals surface area contributed by atoms with Crippen LogP contribution in [-0.4, -0.2) is 39.1 Å². The summed E-state index contributed by atoms with van der Waals surface area (Å²) in [5, 5.41) is 2.76. The lowest BCUT2D eigenvalue weighted by molar-refractivity contribution is -0.124. The van der Waals surface area contributed by atoms with Crippen molar-refractivity contribution in [3.63, 3.8) is 0 Å². The van der Waals surface area contributed by atoms with E-state index >= 15 is 0 Å². The van der Waals surface area contributed by atoms with Gasteiger partial charge in [0.05, 0.1) is 6.61 Å². The van der Waals surface area contributed by atoms with Crippen molar-refractivity contribution in [2.24, 2.45) is 0 Å². The molecule has 0 radical (unpaired) electrons. The summed E-state index contributed by atoms with van der Waals surface area (Å²) in [4.78, 5) is 11.6. The Hall–Kier alpha value is -1.95. The minimum absolute atomic E-state index is 0.0437. The van der Waals surface area contributed by atoms with Crippen LogP contribution in [0.15, 0.2) is 18.2 Å². The van der Waals surface area contributed by atoms with E-state index in [9.17, 15) is 4.79 Å². The Labute approximate surface area is 111 Å². The van der Waals surface area contributed by atoms with Gasteiger partial charge in [-0.15, -0.1) is 0 Å². The highest BCUT2D eigenvalue weighted by Crippen LogP contribution is 2.34. The Morgan fingerprint density at radius 3 is 3.00 bits per heavy atom. The Bertz CT molecular complexity index is 449. The van der Waals surface area contributed by atoms with Crippen LogP contribution in [0.3, 0.4) is 0 Å². The minimum atomic E-state index is -0.192. The van der Waals surface area contributed by atoms with Crippen molar-refractivity contribution in [2.75, 3.05) is 27.1 Å². The third-order valence-corrected chi connectivity index (χ3v) is 2.54. The maximum Gasteiger partial charge on any atom is 0.258 e. The molecule has 0 aliphatic carbocycles. The molecule has 1 atom stereocenters. The molecule has 0 saturated heterocycles. The first kappa shape index (κ1) is 13.5. The Balaban J connectivity index is 1.80. The summed E-state index contributed by atoms with van der Waals surface area (Å²) in [6.45, 7) is 2.50. The van der Waals surface area contributed by atoms with Gasteiger partial charge in [0, 0.05) is 19.2 Å². The highest BCUT2D eigenvalue weighted by atomic mass is 16.7. The third-order valence-electron chi connectivity index (χ3n) is 2.54. The molecule has 0 spiro atoms. The zero-order chi connectivity index (χ0) is 13.7. The molecular formula is C13H17NO5. The molecule has 0 saturated carbocycles. The van der Waals surface area contributed by atoms with Crippen LogP contribution in [-0.2, 0) is 9.53 Å². The number of hydrogen-bond donors (Lipinski definition) is 1. The van der Waals surface area contributed by atoms with Gasteiger partial charge in [0.2, 0.25) is 6.79 Å². The normalized spacial score (nSPS) is 14.0. The maximum atomic E-state index is 11.6. The second-order valence-corrected chi connectivity index (χ2v) is 4.23. The van der Waals surface area contributed by atoms with E-state index in [1.807, 2.05) is 6.92 Å². The van der Waals surface area contributed by atoms with Crippen molar-refractivity contribution < 1.29 is 23.7 Å². The number of benzene rings is 1. The fourth-order valence-corrected chi connectivity index (χ4v) is 1.72. The third kappa shape index (κ3) is 3.75. The molecule has 1 aliphatic rings. The molecule has 1 aromatic rings. The number of rotatable bonds is 6. The number of methoxy groups -OCH3 is 1. The summed E-state index contributed by atoms with van der Waals surface area (Å²) in [6, 6.07) is 5.15. The van der Waals surface area contributed by atoms with E-state index in [1.165, 1.54) is 0 Å². The van der Waals surface area contributed by atoms with Crippen molar-refractivity contribution in [2.45, 2.75) is 13.0 Å². The summed E-state index contributed by atoms with van der Waals surface area (Å²) in [6.07, 6.45) is 0. The molecule has 6 nitrogen and oxygen atoms in total. The molecular weight excluding hydrogens is 250 g/mol. The Kier molecular flexibility index (Phi) is 4.46. The lowest BCUT2D eigenvalue weighted by Crippen LogP contribution is -2.38. The summed E-state index contributed by atoms with van der Waals surface area (Å²) in [5.41, 5.74) is 0. The first-order valence-corrected chi connectivity index (χ1v) is 6.00. The number of hydrogen-bond acceptors (Lipinski definition) is 5. The average molecular weight is 267 g/mol. The van der Waals surface area contributed by atoms with Crippen molar-refractivity contribution in [3.05, 3.63) is 18.2 Å². The average Bonchev–Trinajstić information content (AvgIpc) is 2.83. The van der Waals surface area contributed by atoms with Crippen LogP contribution >= 0.6 is 0 Å². The van der Waals surface area contributed by atoms with E-state index in [2.05, 4.69) is 5.32 Å². The first-order valence-electron chi connectivity index (χ1n) is 6.00. The minimum Gasteiger partial charge on any atom is -0.484 e. The molecule has 0 bridgehead atoms. The summed E-state index contributed by atoms with van der Waals surface area (Å²) in [7, 11) is 1.59. The Morgan fingerprint density at radius 1 is 1.42 bits per heavy atom. The van der Waals surface area contributed by atoms with Crippen molar-refractivity contribution in [1.29, 1.82) is 0 Å². The highest BCUT2D eigenvalue weighted by Gasteiger charge is 2.14. The molecule has 0 fully saturated rings. The standard InChI is InChI=1S/C13H17NO5/c1-9(6-16-2)14-13(15)7-17-10-3-4-11-12(5-10)19-8-18-11/h3-5,9H,6-8H2,1-2H3,(H,14,15). The smallest absolute Gasteiger partial charge is 0.258 e. The van der Waals surface area contributed by atoms with Gasteiger partial charge in [-0.05, 0) is 19.1 Å². The van der Waals surface area contributed by atoms with Crippen LogP contribution in [0.5, 0.6) is 17.2 Å². The van der Waals surface area contributed by atoms with Crippen molar-refractivity contribution in [3.8, 4) is 17.2 Å². The number of carbonyl (C=O) groups excluding carboxylic acids is 1. The maximum absolute atomic E-state index is 11.6. The van der Waals surface area contributed by atoms with Crippen LogP contribution < -0.4 is 19.5 Å². The molecule has 104 valence electrons. The largest absolute Gasteiger partial charge is 0.484 e. The van der Waals surface area contributed by atoms with Crippen LogP contribution in [0.4, 0.5) is 0 Å². The predicted octanol–water partition coefficient (Wildman–Crippen LogP) is 0.945. The molecule has 1 N–H and O–H groups in total. The molecule has 1 amide bonds. The molecule has 1 unspecified atom stereocenters. The lowest BCUT2D eigenvalue weighted by atomic mass is 10.3. The summed E-state index contributed by atoms with van der Waals surface area (Å²) < 4.78 is 20.7. The van der Waals surface area contributed by atoms with Crippen LogP contribution in [0.1, 0.15) is 6.92 Å². The van der Waals surface area contributed by atoms with Gasteiger partial charge < -0.3 is 24.3 Å². The van der Waals surface area contributed by atoms with Crippen LogP contribution in [0.25, 0.3) is 0 Å². The second-order valence-electron chi connectivity index (χ2n) is 4.23. The van der Waals surface area contributed by atoms with E-state index in [1.54, 1.807) is 25.3 Å². The van der Waals surface area contributed by atoms with Gasteiger partial charge in [-0.1, -0.05) is 0 Å². The fraction of sp³-hybridized carbons (Fsp3) is 0.462. The SMILES string of the molecule is COCC(C)NC(=O)COc1ccc2c(c1)OCO2. The van der Waals surface area contributed by atoms with Gasteiger partial charge in [-0.2, -0.15) is 0 Å². The van der Waals surface area contributed by atoms with Crippen molar-refractivity contribution in [1.82, 2.24) is 5.32 Å². The van der Waals surface area contributed by atoms with Crippen molar-refractivity contribution >= 4 is 5.91 Å². The van der Waals surface area contributed by atoms with Gasteiger partial charge in [0.25, 0.3) is 5.91 Å². The number of fused-ring (bicyclic) bond motifs is 1. The molecule has 2 rings (SSSR count). The van der Waals surface area contributed by atoms with Crippen LogP contribution in [0, 0.1) is 0 Å². The zero-order valence-electron chi connectivity index (χ0n) is 11.0. The lowest BCUT2D eigenvalue weighted by Gasteiger charge is -2.13. The van der Waals surface area contributed by atoms with Gasteiger partial charge in [0.15, 0.2) is 18.1 Å². The molecule has 0 aromatic heterocycles. The van der Waals surface area contributed by atoms with E-state index in [4.69, 9.17) is 18.9 Å². The van der Waals surface area contributed by atoms with Gasteiger partial charge in [-0.3, -0.25) is 4.79 Å². The first-order chi connectivity index (χ1) is 9.19. The summed E-state index contributed by atoms with van der Waals surface area (Å²) in [5.74, 6) is 1.69. The molecule has 19 heavy (non-hydrogen) atoms. The van der Waals surface area contributed by atoms with Gasteiger partial charge in [-0.25, -0.2) is 0 Å². The zero-order valence-corrected chi connectivity index (χ0v) is 11.0. The number of ether oxygens (including phenoxy) is 4. The van der Waals surface area contributed by atoms with E-state index < -0.39 is 0 Å². The van der Waals surface area contributed by atoms with Crippen LogP contribution in [0.2, 0.25) is 0 Å². The number of amides is 1. The molecule has 6 heteroatoms. The quantitative estimate of drug-likeness (QED) is 0.831. The summed E-state index contributed by atoms with van der Waals surface area (Å²) >= 11 is 0. The van der Waals surface area contributed by atoms with E-state index in [0.717, 1.165) is 0 Å². The monoisotopic (exact) mass is 267 g/mol. The molecule has 1 aromatic carbocycles. The second kappa shape index (κ2) is 6.29. The molecule has 1 aliphatic heterocycles. The fourth-order valence-electron chi connectivity index (χ4n) is 1.72. The van der Waals surface area contributed by atoms with Gasteiger partial charge in [0.1, 0.15) is 5.75 Å². The topological polar surface area (TPSA) is 66.0 Å². The van der Waals surface area contributed by atoms with E-state index in [0.29, 0.717) is 23.9 Å².